The van der Waals surface area contributed by atoms with Gasteiger partial charge in [0.2, 0.25) is 5.82 Å². The molecule has 2 amide bonds. The first-order valence-corrected chi connectivity index (χ1v) is 8.30. The van der Waals surface area contributed by atoms with Gasteiger partial charge in [0.25, 0.3) is 11.8 Å². The lowest BCUT2D eigenvalue weighted by Gasteiger charge is -2.04. The highest BCUT2D eigenvalue weighted by molar-refractivity contribution is 6.02. The summed E-state index contributed by atoms with van der Waals surface area (Å²) in [4.78, 5) is 29.2. The first-order chi connectivity index (χ1) is 12.6. The normalized spacial score (nSPS) is 10.5. The van der Waals surface area contributed by atoms with Crippen molar-refractivity contribution in [3.05, 3.63) is 84.0 Å². The molecule has 3 rings (SSSR count). The molecule has 2 aromatic heterocycles. The Morgan fingerprint density at radius 2 is 1.88 bits per heavy atom. The number of pyridine rings is 1. The lowest BCUT2D eigenvalue weighted by Crippen LogP contribution is -2.26. The van der Waals surface area contributed by atoms with Gasteiger partial charge in [-0.25, -0.2) is 4.98 Å². The standard InChI is InChI=1S/C20H20N4O2/c1-3-11-21-20(26)18-23-17(16-6-4-5-12-24(16)18)19(25)22-13-15-9-7-14(2)8-10-15/h3-10,12H,1,11,13H2,2H3,(H,21,26)(H,22,25). The molecule has 0 fully saturated rings. The summed E-state index contributed by atoms with van der Waals surface area (Å²) >= 11 is 0. The Hall–Kier alpha value is -3.41. The van der Waals surface area contributed by atoms with E-state index in [1.165, 1.54) is 0 Å². The van der Waals surface area contributed by atoms with Crippen LogP contribution in [0.4, 0.5) is 0 Å². The zero-order valence-corrected chi connectivity index (χ0v) is 14.5. The predicted molar refractivity (Wildman–Crippen MR) is 100 cm³/mol. The van der Waals surface area contributed by atoms with Crippen molar-refractivity contribution >= 4 is 17.3 Å². The summed E-state index contributed by atoms with van der Waals surface area (Å²) in [5.41, 5.74) is 2.96. The molecule has 0 aliphatic rings. The van der Waals surface area contributed by atoms with Gasteiger partial charge in [-0.1, -0.05) is 42.0 Å². The van der Waals surface area contributed by atoms with E-state index in [2.05, 4.69) is 22.2 Å². The Morgan fingerprint density at radius 1 is 1.12 bits per heavy atom. The molecule has 132 valence electrons. The van der Waals surface area contributed by atoms with Gasteiger partial charge < -0.3 is 10.6 Å². The van der Waals surface area contributed by atoms with Crippen LogP contribution in [0.3, 0.4) is 0 Å². The third kappa shape index (κ3) is 3.64. The fraction of sp³-hybridized carbons (Fsp3) is 0.150. The summed E-state index contributed by atoms with van der Waals surface area (Å²) < 4.78 is 1.61. The maximum absolute atomic E-state index is 12.6. The Kier molecular flexibility index (Phi) is 5.12. The molecule has 0 bridgehead atoms. The van der Waals surface area contributed by atoms with Crippen LogP contribution in [0, 0.1) is 6.92 Å². The highest BCUT2D eigenvalue weighted by Gasteiger charge is 2.20. The van der Waals surface area contributed by atoms with Gasteiger partial charge in [0.15, 0.2) is 5.69 Å². The van der Waals surface area contributed by atoms with E-state index in [1.54, 1.807) is 34.9 Å². The largest absolute Gasteiger partial charge is 0.347 e. The molecule has 0 saturated carbocycles. The average molecular weight is 348 g/mol. The first-order valence-electron chi connectivity index (χ1n) is 8.30. The molecule has 0 spiro atoms. The molecule has 6 heteroatoms. The minimum absolute atomic E-state index is 0.169. The van der Waals surface area contributed by atoms with E-state index in [4.69, 9.17) is 0 Å². The lowest BCUT2D eigenvalue weighted by molar-refractivity contribution is 0.0946. The van der Waals surface area contributed by atoms with Crippen LogP contribution in [0.2, 0.25) is 0 Å². The monoisotopic (exact) mass is 348 g/mol. The minimum Gasteiger partial charge on any atom is -0.347 e. The number of fused-ring (bicyclic) bond motifs is 1. The molecule has 1 aromatic carbocycles. The molecule has 0 aliphatic heterocycles. The second kappa shape index (κ2) is 7.65. The van der Waals surface area contributed by atoms with Crippen molar-refractivity contribution in [2.45, 2.75) is 13.5 Å². The summed E-state index contributed by atoms with van der Waals surface area (Å²) in [7, 11) is 0. The van der Waals surface area contributed by atoms with Gasteiger partial charge in [-0.3, -0.25) is 14.0 Å². The number of benzene rings is 1. The van der Waals surface area contributed by atoms with Crippen LogP contribution in [-0.4, -0.2) is 27.7 Å². The van der Waals surface area contributed by atoms with Gasteiger partial charge in [-0.2, -0.15) is 0 Å². The lowest BCUT2D eigenvalue weighted by atomic mass is 10.1. The minimum atomic E-state index is -0.358. The average Bonchev–Trinajstić information content (AvgIpc) is 3.05. The Labute approximate surface area is 151 Å². The van der Waals surface area contributed by atoms with Crippen LogP contribution in [0.25, 0.3) is 5.52 Å². The number of hydrogen-bond donors (Lipinski definition) is 2. The molecule has 0 saturated heterocycles. The van der Waals surface area contributed by atoms with Crippen LogP contribution in [-0.2, 0) is 6.54 Å². The number of hydrogen-bond acceptors (Lipinski definition) is 3. The molecular weight excluding hydrogens is 328 g/mol. The summed E-state index contributed by atoms with van der Waals surface area (Å²) in [5, 5.41) is 5.54. The van der Waals surface area contributed by atoms with E-state index in [-0.39, 0.29) is 23.3 Å². The van der Waals surface area contributed by atoms with E-state index in [0.29, 0.717) is 18.6 Å². The van der Waals surface area contributed by atoms with E-state index < -0.39 is 0 Å². The van der Waals surface area contributed by atoms with Crippen molar-refractivity contribution in [3.63, 3.8) is 0 Å². The fourth-order valence-corrected chi connectivity index (χ4v) is 2.58. The Bertz CT molecular complexity index is 958. The van der Waals surface area contributed by atoms with Gasteiger partial charge in [0, 0.05) is 19.3 Å². The maximum atomic E-state index is 12.6. The summed E-state index contributed by atoms with van der Waals surface area (Å²) in [6.45, 7) is 6.31. The molecule has 0 unspecified atom stereocenters. The van der Waals surface area contributed by atoms with E-state index >= 15 is 0 Å². The van der Waals surface area contributed by atoms with Gasteiger partial charge in [0.1, 0.15) is 0 Å². The number of nitrogens with zero attached hydrogens (tertiary/aromatic N) is 2. The van der Waals surface area contributed by atoms with Gasteiger partial charge >= 0.3 is 0 Å². The van der Waals surface area contributed by atoms with Crippen molar-refractivity contribution in [3.8, 4) is 0 Å². The molecule has 0 aliphatic carbocycles. The van der Waals surface area contributed by atoms with Crippen molar-refractivity contribution in [1.29, 1.82) is 0 Å². The molecule has 0 radical (unpaired) electrons. The number of carbonyl (C=O) groups is 2. The second-order valence-corrected chi connectivity index (χ2v) is 5.91. The Morgan fingerprint density at radius 3 is 2.62 bits per heavy atom. The number of imidazole rings is 1. The number of carbonyl (C=O) groups excluding carboxylic acids is 2. The zero-order chi connectivity index (χ0) is 18.5. The van der Waals surface area contributed by atoms with Crippen molar-refractivity contribution in [1.82, 2.24) is 20.0 Å². The molecular formula is C20H20N4O2. The number of nitrogens with one attached hydrogen (secondary N) is 2. The molecule has 3 aromatic rings. The summed E-state index contributed by atoms with van der Waals surface area (Å²) in [6, 6.07) is 13.3. The van der Waals surface area contributed by atoms with E-state index in [9.17, 15) is 9.59 Å². The molecule has 6 nitrogen and oxygen atoms in total. The van der Waals surface area contributed by atoms with Crippen LogP contribution in [0.1, 0.15) is 32.2 Å². The van der Waals surface area contributed by atoms with Gasteiger partial charge in [-0.05, 0) is 24.6 Å². The second-order valence-electron chi connectivity index (χ2n) is 5.91. The number of rotatable bonds is 6. The zero-order valence-electron chi connectivity index (χ0n) is 14.5. The van der Waals surface area contributed by atoms with Crippen LogP contribution in [0.5, 0.6) is 0 Å². The van der Waals surface area contributed by atoms with Crippen LogP contribution < -0.4 is 10.6 Å². The number of aromatic nitrogens is 2. The quantitative estimate of drug-likeness (QED) is 0.672. The van der Waals surface area contributed by atoms with E-state index in [0.717, 1.165) is 11.1 Å². The molecule has 26 heavy (non-hydrogen) atoms. The van der Waals surface area contributed by atoms with Crippen LogP contribution >= 0.6 is 0 Å². The van der Waals surface area contributed by atoms with Crippen LogP contribution in [0.15, 0.2) is 61.3 Å². The topological polar surface area (TPSA) is 75.5 Å². The number of amides is 2. The van der Waals surface area contributed by atoms with Crippen molar-refractivity contribution < 1.29 is 9.59 Å². The maximum Gasteiger partial charge on any atom is 0.287 e. The first kappa shape index (κ1) is 17.4. The molecule has 2 heterocycles. The number of aryl methyl sites for hydroxylation is 1. The SMILES string of the molecule is C=CCNC(=O)c1nc(C(=O)NCc2ccc(C)cc2)c2ccccn12. The van der Waals surface area contributed by atoms with Gasteiger partial charge in [0.05, 0.1) is 5.52 Å². The van der Waals surface area contributed by atoms with Gasteiger partial charge in [-0.15, -0.1) is 6.58 Å². The Balaban J connectivity index is 1.84. The van der Waals surface area contributed by atoms with Crippen molar-refractivity contribution in [2.24, 2.45) is 0 Å². The molecule has 0 atom stereocenters. The predicted octanol–water partition coefficient (Wildman–Crippen LogP) is 2.49. The highest BCUT2D eigenvalue weighted by atomic mass is 16.2. The fourth-order valence-electron chi connectivity index (χ4n) is 2.58. The smallest absolute Gasteiger partial charge is 0.287 e. The summed E-state index contributed by atoms with van der Waals surface area (Å²) in [6.07, 6.45) is 3.30. The third-order valence-corrected chi connectivity index (χ3v) is 3.95. The van der Waals surface area contributed by atoms with E-state index in [1.807, 2.05) is 31.2 Å². The van der Waals surface area contributed by atoms with Crippen molar-refractivity contribution in [2.75, 3.05) is 6.54 Å². The molecule has 2 N–H and O–H groups in total. The third-order valence-electron chi connectivity index (χ3n) is 3.95. The highest BCUT2D eigenvalue weighted by Crippen LogP contribution is 2.14. The summed E-state index contributed by atoms with van der Waals surface area (Å²) in [5.74, 6) is -0.510.